The summed E-state index contributed by atoms with van der Waals surface area (Å²) in [5, 5.41) is 11.8. The summed E-state index contributed by atoms with van der Waals surface area (Å²) in [6.07, 6.45) is 14.3. The molecule has 0 unspecified atom stereocenters. The van der Waals surface area contributed by atoms with Gasteiger partial charge in [-0.05, 0) is 55.5 Å². The number of H-pyrrole nitrogens is 2. The van der Waals surface area contributed by atoms with Crippen LogP contribution in [0.15, 0.2) is 67.3 Å². The number of rotatable bonds is 5. The van der Waals surface area contributed by atoms with Gasteiger partial charge in [-0.15, -0.1) is 0 Å². The number of fused-ring (bicyclic) bond motifs is 2. The number of hydrogen-bond donors (Lipinski definition) is 3. The van der Waals surface area contributed by atoms with Gasteiger partial charge >= 0.3 is 0 Å². The third-order valence-corrected chi connectivity index (χ3v) is 7.35. The standard InChI is InChI=1S/C29H25N7O/c37-29(17-4-1-5-17)32-21-12-20(15-31-16-21)18-9-10-24-23(13-18)27(36-35-24)28-33-25-8-2-7-22(26(25)34-28)19-6-3-11-30-14-19/h3,6-7,9-17H,1-2,4-5,8H2,(H,32,37)(H,33,34)(H,35,36). The molecule has 4 aromatic heterocycles. The average Bonchev–Trinajstić information content (AvgIpc) is 3.52. The number of carbonyl (C=O) groups excluding carboxylic acids is 1. The monoisotopic (exact) mass is 487 g/mol. The molecule has 37 heavy (non-hydrogen) atoms. The van der Waals surface area contributed by atoms with Gasteiger partial charge in [0.05, 0.1) is 23.1 Å². The first-order chi connectivity index (χ1) is 18.2. The van der Waals surface area contributed by atoms with E-state index in [1.165, 1.54) is 0 Å². The quantitative estimate of drug-likeness (QED) is 0.302. The number of aromatic nitrogens is 6. The van der Waals surface area contributed by atoms with Gasteiger partial charge in [0.2, 0.25) is 5.91 Å². The maximum atomic E-state index is 12.4. The molecule has 1 aromatic carbocycles. The van der Waals surface area contributed by atoms with Gasteiger partial charge in [-0.2, -0.15) is 5.10 Å². The Kier molecular flexibility index (Phi) is 5.16. The number of anilines is 1. The number of aryl methyl sites for hydroxylation is 1. The highest BCUT2D eigenvalue weighted by molar-refractivity contribution is 5.96. The van der Waals surface area contributed by atoms with E-state index in [2.05, 4.69) is 48.7 Å². The highest BCUT2D eigenvalue weighted by atomic mass is 16.1. The van der Waals surface area contributed by atoms with E-state index in [4.69, 9.17) is 4.98 Å². The lowest BCUT2D eigenvalue weighted by Crippen LogP contribution is -2.28. The normalized spacial score (nSPS) is 15.2. The van der Waals surface area contributed by atoms with Crippen molar-refractivity contribution < 1.29 is 4.79 Å². The van der Waals surface area contributed by atoms with E-state index >= 15 is 0 Å². The third kappa shape index (κ3) is 3.91. The van der Waals surface area contributed by atoms with Gasteiger partial charge in [-0.25, -0.2) is 4.98 Å². The second-order valence-corrected chi connectivity index (χ2v) is 9.72. The lowest BCUT2D eigenvalue weighted by Gasteiger charge is -2.24. The van der Waals surface area contributed by atoms with Crippen LogP contribution in [0.1, 0.15) is 42.6 Å². The Balaban J connectivity index is 1.23. The molecule has 7 rings (SSSR count). The minimum absolute atomic E-state index is 0.0827. The molecule has 2 aliphatic carbocycles. The zero-order valence-corrected chi connectivity index (χ0v) is 20.2. The van der Waals surface area contributed by atoms with Crippen molar-refractivity contribution in [3.05, 3.63) is 84.2 Å². The molecule has 0 atom stereocenters. The van der Waals surface area contributed by atoms with Crippen molar-refractivity contribution in [1.29, 1.82) is 0 Å². The van der Waals surface area contributed by atoms with Crippen molar-refractivity contribution in [3.63, 3.8) is 0 Å². The molecular formula is C29H25N7O. The first-order valence-corrected chi connectivity index (χ1v) is 12.7. The fourth-order valence-electron chi connectivity index (χ4n) is 5.11. The summed E-state index contributed by atoms with van der Waals surface area (Å²) < 4.78 is 0. The van der Waals surface area contributed by atoms with E-state index in [1.807, 2.05) is 36.7 Å². The van der Waals surface area contributed by atoms with Crippen molar-refractivity contribution in [2.45, 2.75) is 32.1 Å². The molecule has 0 bridgehead atoms. The molecule has 3 N–H and O–H groups in total. The van der Waals surface area contributed by atoms with Gasteiger partial charge < -0.3 is 10.3 Å². The lowest BCUT2D eigenvalue weighted by molar-refractivity contribution is -0.122. The summed E-state index contributed by atoms with van der Waals surface area (Å²) in [5.41, 5.74) is 8.59. The Morgan fingerprint density at radius 3 is 2.73 bits per heavy atom. The summed E-state index contributed by atoms with van der Waals surface area (Å²) in [7, 11) is 0. The number of nitrogens with one attached hydrogen (secondary N) is 3. The number of amides is 1. The van der Waals surface area contributed by atoms with E-state index in [0.717, 1.165) is 93.9 Å². The predicted molar refractivity (Wildman–Crippen MR) is 143 cm³/mol. The zero-order valence-electron chi connectivity index (χ0n) is 20.2. The summed E-state index contributed by atoms with van der Waals surface area (Å²) in [5.74, 6) is 0.949. The van der Waals surface area contributed by atoms with Gasteiger partial charge in [-0.3, -0.25) is 19.9 Å². The molecule has 0 spiro atoms. The van der Waals surface area contributed by atoms with Crippen molar-refractivity contribution in [3.8, 4) is 22.6 Å². The fourth-order valence-corrected chi connectivity index (χ4v) is 5.11. The SMILES string of the molecule is O=C(Nc1cncc(-c2ccc3[nH]nc(-c4nc5c([nH]4)CCC=C5c4cccnc4)c3c2)c1)C1CCC1. The van der Waals surface area contributed by atoms with Gasteiger partial charge in [0.1, 0.15) is 5.69 Å². The summed E-state index contributed by atoms with van der Waals surface area (Å²) in [6.45, 7) is 0. The van der Waals surface area contributed by atoms with Crippen LogP contribution in [-0.4, -0.2) is 36.0 Å². The van der Waals surface area contributed by atoms with Crippen molar-refractivity contribution >= 4 is 28.1 Å². The second kappa shape index (κ2) is 8.81. The molecule has 1 saturated carbocycles. The first-order valence-electron chi connectivity index (χ1n) is 12.7. The van der Waals surface area contributed by atoms with Crippen LogP contribution in [0, 0.1) is 5.92 Å². The minimum Gasteiger partial charge on any atom is -0.340 e. The summed E-state index contributed by atoms with van der Waals surface area (Å²) in [4.78, 5) is 29.6. The molecule has 0 radical (unpaired) electrons. The smallest absolute Gasteiger partial charge is 0.227 e. The van der Waals surface area contributed by atoms with Crippen molar-refractivity contribution in [2.75, 3.05) is 5.32 Å². The maximum absolute atomic E-state index is 12.4. The van der Waals surface area contributed by atoms with Gasteiger partial charge in [0.25, 0.3) is 0 Å². The van der Waals surface area contributed by atoms with Crippen molar-refractivity contribution in [1.82, 2.24) is 30.1 Å². The highest BCUT2D eigenvalue weighted by Crippen LogP contribution is 2.35. The Bertz CT molecular complexity index is 1660. The van der Waals surface area contributed by atoms with Crippen LogP contribution in [0.4, 0.5) is 5.69 Å². The van der Waals surface area contributed by atoms with E-state index in [1.54, 1.807) is 12.4 Å². The number of nitrogens with zero attached hydrogens (tertiary/aromatic N) is 4. The number of allylic oxidation sites excluding steroid dienone is 1. The van der Waals surface area contributed by atoms with Gasteiger partial charge in [-0.1, -0.05) is 24.6 Å². The van der Waals surface area contributed by atoms with E-state index < -0.39 is 0 Å². The number of pyridine rings is 2. The molecule has 5 aromatic rings. The summed E-state index contributed by atoms with van der Waals surface area (Å²) in [6, 6.07) is 12.1. The fraction of sp³-hybridized carbons (Fsp3) is 0.207. The van der Waals surface area contributed by atoms with Crippen LogP contribution in [-0.2, 0) is 11.2 Å². The molecule has 1 fully saturated rings. The number of hydrogen-bond acceptors (Lipinski definition) is 5. The van der Waals surface area contributed by atoms with Crippen LogP contribution in [0.3, 0.4) is 0 Å². The van der Waals surface area contributed by atoms with E-state index in [9.17, 15) is 4.79 Å². The van der Waals surface area contributed by atoms with E-state index in [0.29, 0.717) is 0 Å². The molecular weight excluding hydrogens is 462 g/mol. The summed E-state index contributed by atoms with van der Waals surface area (Å²) >= 11 is 0. The number of benzene rings is 1. The maximum Gasteiger partial charge on any atom is 0.227 e. The van der Waals surface area contributed by atoms with Crippen LogP contribution in [0.5, 0.6) is 0 Å². The van der Waals surface area contributed by atoms with Gasteiger partial charge in [0, 0.05) is 52.3 Å². The molecule has 0 aliphatic heterocycles. The minimum atomic E-state index is 0.0827. The van der Waals surface area contributed by atoms with Crippen LogP contribution in [0.25, 0.3) is 39.1 Å². The second-order valence-electron chi connectivity index (χ2n) is 9.72. The molecule has 8 heteroatoms. The predicted octanol–water partition coefficient (Wildman–Crippen LogP) is 5.53. The Hall–Kier alpha value is -4.59. The topological polar surface area (TPSA) is 112 Å². The van der Waals surface area contributed by atoms with Crippen LogP contribution >= 0.6 is 0 Å². The highest BCUT2D eigenvalue weighted by Gasteiger charge is 2.25. The van der Waals surface area contributed by atoms with Crippen LogP contribution in [0.2, 0.25) is 0 Å². The zero-order chi connectivity index (χ0) is 24.8. The molecule has 2 aliphatic rings. The molecule has 1 amide bonds. The number of imidazole rings is 1. The molecule has 0 saturated heterocycles. The third-order valence-electron chi connectivity index (χ3n) is 7.35. The largest absolute Gasteiger partial charge is 0.340 e. The van der Waals surface area contributed by atoms with Crippen molar-refractivity contribution in [2.24, 2.45) is 5.92 Å². The molecule has 8 nitrogen and oxygen atoms in total. The first kappa shape index (κ1) is 21.7. The Morgan fingerprint density at radius 1 is 0.973 bits per heavy atom. The average molecular weight is 488 g/mol. The number of carbonyl (C=O) groups is 1. The lowest BCUT2D eigenvalue weighted by atomic mass is 9.85. The van der Waals surface area contributed by atoms with Crippen LogP contribution < -0.4 is 5.32 Å². The molecule has 182 valence electrons. The van der Waals surface area contributed by atoms with E-state index in [-0.39, 0.29) is 11.8 Å². The molecule has 4 heterocycles. The number of aromatic amines is 2. The Morgan fingerprint density at radius 2 is 1.89 bits per heavy atom. The van der Waals surface area contributed by atoms with Gasteiger partial charge in [0.15, 0.2) is 5.82 Å². The Labute approximate surface area is 213 Å².